The molecule has 0 saturated carbocycles. The van der Waals surface area contributed by atoms with Gasteiger partial charge in [0.05, 0.1) is 6.33 Å². The predicted molar refractivity (Wildman–Crippen MR) is 60.1 cm³/mol. The van der Waals surface area contributed by atoms with Crippen LogP contribution < -0.4 is 10.5 Å². The minimum Gasteiger partial charge on any atom is -0.485 e. The first-order chi connectivity index (χ1) is 6.85. The van der Waals surface area contributed by atoms with E-state index in [-0.39, 0.29) is 25.1 Å². The zero-order valence-electron chi connectivity index (χ0n) is 8.15. The lowest BCUT2D eigenvalue weighted by atomic mass is 10.1. The standard InChI is InChI=1S/C11H12FNO.ClH/c12-6-9(7-13)11-5-8-3-1-2-4-10(8)14-11;/h1-4,6,11H,5,7,13H2;1H/b9-6-;/t11-;/m1./s1. The second-order valence-corrected chi connectivity index (χ2v) is 3.31. The average Bonchev–Trinajstić information content (AvgIpc) is 2.63. The monoisotopic (exact) mass is 229 g/mol. The topological polar surface area (TPSA) is 35.2 Å². The van der Waals surface area contributed by atoms with Crippen LogP contribution >= 0.6 is 12.4 Å². The van der Waals surface area contributed by atoms with Crippen LogP contribution in [0.1, 0.15) is 5.56 Å². The maximum atomic E-state index is 12.4. The Morgan fingerprint density at radius 3 is 2.87 bits per heavy atom. The SMILES string of the molecule is Cl.NC/C(=C/F)[C@H]1Cc2ccccc2O1. The number of benzene rings is 1. The molecular weight excluding hydrogens is 217 g/mol. The largest absolute Gasteiger partial charge is 0.485 e. The van der Waals surface area contributed by atoms with Crippen molar-refractivity contribution in [1.82, 2.24) is 0 Å². The molecule has 82 valence electrons. The molecule has 15 heavy (non-hydrogen) atoms. The maximum Gasteiger partial charge on any atom is 0.128 e. The predicted octanol–water partition coefficient (Wildman–Crippen LogP) is 2.22. The lowest BCUT2D eigenvalue weighted by Gasteiger charge is -2.11. The van der Waals surface area contributed by atoms with E-state index < -0.39 is 0 Å². The molecule has 1 aromatic rings. The molecule has 1 atom stereocenters. The van der Waals surface area contributed by atoms with Crippen molar-refractivity contribution in [2.24, 2.45) is 5.73 Å². The summed E-state index contributed by atoms with van der Waals surface area (Å²) in [5.41, 5.74) is 7.04. The first kappa shape index (κ1) is 12.0. The smallest absolute Gasteiger partial charge is 0.128 e. The fraction of sp³-hybridized carbons (Fsp3) is 0.273. The average molecular weight is 230 g/mol. The number of nitrogens with two attached hydrogens (primary N) is 1. The highest BCUT2D eigenvalue weighted by Crippen LogP contribution is 2.30. The maximum absolute atomic E-state index is 12.4. The van der Waals surface area contributed by atoms with Crippen LogP contribution in [0.15, 0.2) is 36.2 Å². The molecule has 0 unspecified atom stereocenters. The van der Waals surface area contributed by atoms with Gasteiger partial charge in [0.2, 0.25) is 0 Å². The van der Waals surface area contributed by atoms with Gasteiger partial charge in [0.25, 0.3) is 0 Å². The zero-order valence-corrected chi connectivity index (χ0v) is 8.97. The minimum atomic E-state index is -0.220. The third-order valence-corrected chi connectivity index (χ3v) is 2.44. The van der Waals surface area contributed by atoms with Gasteiger partial charge in [-0.3, -0.25) is 0 Å². The molecule has 1 heterocycles. The lowest BCUT2D eigenvalue weighted by molar-refractivity contribution is 0.266. The number of hydrogen-bond donors (Lipinski definition) is 1. The lowest BCUT2D eigenvalue weighted by Crippen LogP contribution is -2.21. The number of rotatable bonds is 2. The molecule has 0 saturated heterocycles. The molecule has 2 nitrogen and oxygen atoms in total. The third-order valence-electron chi connectivity index (χ3n) is 2.44. The van der Waals surface area contributed by atoms with Crippen LogP contribution in [-0.2, 0) is 6.42 Å². The van der Waals surface area contributed by atoms with Gasteiger partial charge < -0.3 is 10.5 Å². The van der Waals surface area contributed by atoms with E-state index in [1.807, 2.05) is 24.3 Å². The molecule has 0 fully saturated rings. The van der Waals surface area contributed by atoms with Gasteiger partial charge in [-0.05, 0) is 11.6 Å². The number of ether oxygens (including phenoxy) is 1. The highest BCUT2D eigenvalue weighted by molar-refractivity contribution is 5.85. The molecule has 1 aliphatic rings. The van der Waals surface area contributed by atoms with Gasteiger partial charge in [0.15, 0.2) is 0 Å². The third kappa shape index (κ3) is 2.30. The Kier molecular flexibility index (Phi) is 4.12. The number of hydrogen-bond acceptors (Lipinski definition) is 2. The van der Waals surface area contributed by atoms with Crippen LogP contribution in [0.5, 0.6) is 5.75 Å². The van der Waals surface area contributed by atoms with Gasteiger partial charge in [-0.2, -0.15) is 0 Å². The number of para-hydroxylation sites is 1. The quantitative estimate of drug-likeness (QED) is 0.844. The van der Waals surface area contributed by atoms with Gasteiger partial charge in [0.1, 0.15) is 11.9 Å². The van der Waals surface area contributed by atoms with E-state index in [1.165, 1.54) is 0 Å². The van der Waals surface area contributed by atoms with Crippen molar-refractivity contribution in [3.05, 3.63) is 41.7 Å². The summed E-state index contributed by atoms with van der Waals surface area (Å²) in [6.07, 6.45) is 1.04. The molecule has 1 aromatic carbocycles. The van der Waals surface area contributed by atoms with Crippen molar-refractivity contribution in [2.45, 2.75) is 12.5 Å². The summed E-state index contributed by atoms with van der Waals surface area (Å²) in [4.78, 5) is 0. The number of halogens is 2. The first-order valence-corrected chi connectivity index (χ1v) is 4.59. The highest BCUT2D eigenvalue weighted by atomic mass is 35.5. The Hall–Kier alpha value is -1.06. The fourth-order valence-electron chi connectivity index (χ4n) is 1.64. The molecule has 0 amide bonds. The van der Waals surface area contributed by atoms with Crippen molar-refractivity contribution in [3.8, 4) is 5.75 Å². The Bertz CT molecular complexity index is 342. The van der Waals surface area contributed by atoms with Crippen LogP contribution in [0.2, 0.25) is 0 Å². The summed E-state index contributed by atoms with van der Waals surface area (Å²) in [7, 11) is 0. The fourth-order valence-corrected chi connectivity index (χ4v) is 1.64. The van der Waals surface area contributed by atoms with Gasteiger partial charge in [-0.15, -0.1) is 12.4 Å². The van der Waals surface area contributed by atoms with E-state index in [1.54, 1.807) is 0 Å². The minimum absolute atomic E-state index is 0. The molecule has 2 rings (SSSR count). The second-order valence-electron chi connectivity index (χ2n) is 3.31. The van der Waals surface area contributed by atoms with Crippen LogP contribution in [0.3, 0.4) is 0 Å². The molecule has 0 spiro atoms. The van der Waals surface area contributed by atoms with E-state index in [2.05, 4.69) is 0 Å². The Labute approximate surface area is 94.3 Å². The normalized spacial score (nSPS) is 19.1. The van der Waals surface area contributed by atoms with Crippen LogP contribution in [-0.4, -0.2) is 12.6 Å². The molecule has 2 N–H and O–H groups in total. The van der Waals surface area contributed by atoms with Crippen LogP contribution in [0.25, 0.3) is 0 Å². The summed E-state index contributed by atoms with van der Waals surface area (Å²) in [6.45, 7) is 0.204. The summed E-state index contributed by atoms with van der Waals surface area (Å²) >= 11 is 0. The Morgan fingerprint density at radius 1 is 1.53 bits per heavy atom. The molecule has 1 aliphatic heterocycles. The van der Waals surface area contributed by atoms with Crippen molar-refractivity contribution >= 4 is 12.4 Å². The van der Waals surface area contributed by atoms with Gasteiger partial charge >= 0.3 is 0 Å². The molecule has 0 aromatic heterocycles. The summed E-state index contributed by atoms with van der Waals surface area (Å²) in [5.74, 6) is 0.838. The summed E-state index contributed by atoms with van der Waals surface area (Å²) in [5, 5.41) is 0. The van der Waals surface area contributed by atoms with E-state index >= 15 is 0 Å². The number of fused-ring (bicyclic) bond motifs is 1. The van der Waals surface area contributed by atoms with Crippen molar-refractivity contribution in [3.63, 3.8) is 0 Å². The van der Waals surface area contributed by atoms with Crippen molar-refractivity contribution < 1.29 is 9.13 Å². The Balaban J connectivity index is 0.00000112. The van der Waals surface area contributed by atoms with E-state index in [0.717, 1.165) is 11.3 Å². The molecule has 4 heteroatoms. The highest BCUT2D eigenvalue weighted by Gasteiger charge is 2.24. The first-order valence-electron chi connectivity index (χ1n) is 4.59. The van der Waals surface area contributed by atoms with Crippen molar-refractivity contribution in [1.29, 1.82) is 0 Å². The molecular formula is C11H13ClFNO. The van der Waals surface area contributed by atoms with E-state index in [4.69, 9.17) is 10.5 Å². The Morgan fingerprint density at radius 2 is 2.27 bits per heavy atom. The van der Waals surface area contributed by atoms with Crippen LogP contribution in [0, 0.1) is 0 Å². The van der Waals surface area contributed by atoms with Crippen LogP contribution in [0.4, 0.5) is 4.39 Å². The summed E-state index contributed by atoms with van der Waals surface area (Å²) < 4.78 is 18.0. The molecule has 0 radical (unpaired) electrons. The van der Waals surface area contributed by atoms with Gasteiger partial charge in [0, 0.05) is 18.5 Å². The molecule has 0 bridgehead atoms. The van der Waals surface area contributed by atoms with E-state index in [0.29, 0.717) is 18.3 Å². The van der Waals surface area contributed by atoms with E-state index in [9.17, 15) is 4.39 Å². The zero-order chi connectivity index (χ0) is 9.97. The van der Waals surface area contributed by atoms with Crippen molar-refractivity contribution in [2.75, 3.05) is 6.54 Å². The van der Waals surface area contributed by atoms with Gasteiger partial charge in [-0.1, -0.05) is 18.2 Å². The molecule has 0 aliphatic carbocycles. The van der Waals surface area contributed by atoms with Gasteiger partial charge in [-0.25, -0.2) is 4.39 Å². The summed E-state index contributed by atoms with van der Waals surface area (Å²) in [6, 6.07) is 7.73. The second kappa shape index (κ2) is 5.14.